The average Bonchev–Trinajstić information content (AvgIpc) is 2.38. The van der Waals surface area contributed by atoms with Crippen molar-refractivity contribution < 1.29 is 9.90 Å². The van der Waals surface area contributed by atoms with Crippen molar-refractivity contribution >= 4 is 17.7 Å². The summed E-state index contributed by atoms with van der Waals surface area (Å²) in [7, 11) is 0. The first-order chi connectivity index (χ1) is 8.75. The molecule has 4 nitrogen and oxygen atoms in total. The van der Waals surface area contributed by atoms with Crippen LogP contribution >= 0.6 is 11.8 Å². The predicted molar refractivity (Wildman–Crippen MR) is 75.7 cm³/mol. The number of amides is 1. The number of hydrogen-bond acceptors (Lipinski definition) is 4. The van der Waals surface area contributed by atoms with Gasteiger partial charge in [0.15, 0.2) is 0 Å². The molecule has 0 aromatic heterocycles. The van der Waals surface area contributed by atoms with Crippen LogP contribution in [0.3, 0.4) is 0 Å². The van der Waals surface area contributed by atoms with Crippen LogP contribution in [0.4, 0.5) is 0 Å². The quantitative estimate of drug-likeness (QED) is 0.584. The van der Waals surface area contributed by atoms with Crippen LogP contribution in [0.25, 0.3) is 0 Å². The number of hydrogen-bond donors (Lipinski definition) is 3. The minimum absolute atomic E-state index is 0.256. The van der Waals surface area contributed by atoms with Crippen molar-refractivity contribution in [1.29, 1.82) is 0 Å². The van der Waals surface area contributed by atoms with Crippen LogP contribution in [-0.4, -0.2) is 35.7 Å². The Morgan fingerprint density at radius 1 is 1.33 bits per heavy atom. The molecule has 0 unspecified atom stereocenters. The van der Waals surface area contributed by atoms with E-state index in [0.29, 0.717) is 12.1 Å². The molecular formula is C13H20N2O2S. The number of thioether (sulfide) groups is 1. The minimum atomic E-state index is -0.385. The van der Waals surface area contributed by atoms with E-state index < -0.39 is 0 Å². The standard InChI is InChI=1S/C13H20N2O2S/c14-13(17)12-5-2-1-4-11(12)10-15-6-9-18-8-3-7-16/h1-2,4-5,15-16H,3,6-10H2,(H2,14,17). The van der Waals surface area contributed by atoms with E-state index in [1.54, 1.807) is 6.07 Å². The van der Waals surface area contributed by atoms with E-state index in [0.717, 1.165) is 30.0 Å². The van der Waals surface area contributed by atoms with Crippen molar-refractivity contribution in [2.45, 2.75) is 13.0 Å². The van der Waals surface area contributed by atoms with Crippen LogP contribution < -0.4 is 11.1 Å². The second kappa shape index (κ2) is 8.97. The largest absolute Gasteiger partial charge is 0.396 e. The van der Waals surface area contributed by atoms with Gasteiger partial charge in [-0.1, -0.05) is 18.2 Å². The summed E-state index contributed by atoms with van der Waals surface area (Å²) in [5, 5.41) is 11.9. The zero-order valence-electron chi connectivity index (χ0n) is 10.4. The van der Waals surface area contributed by atoms with Crippen LogP contribution in [0.15, 0.2) is 24.3 Å². The Morgan fingerprint density at radius 3 is 2.83 bits per heavy atom. The molecule has 0 atom stereocenters. The van der Waals surface area contributed by atoms with E-state index in [9.17, 15) is 4.79 Å². The first kappa shape index (κ1) is 15.0. The fourth-order valence-electron chi connectivity index (χ4n) is 1.55. The Morgan fingerprint density at radius 2 is 2.11 bits per heavy atom. The van der Waals surface area contributed by atoms with E-state index in [1.165, 1.54) is 0 Å². The molecule has 0 radical (unpaired) electrons. The van der Waals surface area contributed by atoms with Crippen molar-refractivity contribution in [3.8, 4) is 0 Å². The van der Waals surface area contributed by atoms with E-state index in [1.807, 2.05) is 30.0 Å². The maximum Gasteiger partial charge on any atom is 0.249 e. The maximum atomic E-state index is 11.2. The Hall–Kier alpha value is -1.04. The SMILES string of the molecule is NC(=O)c1ccccc1CNCCSCCCO. The number of carbonyl (C=O) groups excluding carboxylic acids is 1. The predicted octanol–water partition coefficient (Wildman–Crippen LogP) is 0.991. The summed E-state index contributed by atoms with van der Waals surface area (Å²) < 4.78 is 0. The molecule has 0 fully saturated rings. The molecule has 0 saturated heterocycles. The van der Waals surface area contributed by atoms with Gasteiger partial charge in [-0.05, 0) is 23.8 Å². The average molecular weight is 268 g/mol. The van der Waals surface area contributed by atoms with Gasteiger partial charge < -0.3 is 16.2 Å². The number of nitrogens with two attached hydrogens (primary N) is 1. The van der Waals surface area contributed by atoms with Gasteiger partial charge in [0.25, 0.3) is 0 Å². The molecule has 1 aromatic carbocycles. The highest BCUT2D eigenvalue weighted by Crippen LogP contribution is 2.07. The maximum absolute atomic E-state index is 11.2. The van der Waals surface area contributed by atoms with Crippen LogP contribution in [-0.2, 0) is 6.54 Å². The lowest BCUT2D eigenvalue weighted by molar-refractivity contribution is 0.0999. The molecule has 1 aromatic rings. The number of aliphatic hydroxyl groups excluding tert-OH is 1. The van der Waals surface area contributed by atoms with Gasteiger partial charge in [0.05, 0.1) is 0 Å². The summed E-state index contributed by atoms with van der Waals surface area (Å²) >= 11 is 1.81. The van der Waals surface area contributed by atoms with Crippen molar-refractivity contribution in [3.05, 3.63) is 35.4 Å². The first-order valence-corrected chi connectivity index (χ1v) is 7.18. The number of aliphatic hydroxyl groups is 1. The Balaban J connectivity index is 2.25. The van der Waals surface area contributed by atoms with Crippen LogP contribution in [0.5, 0.6) is 0 Å². The molecule has 100 valence electrons. The molecule has 18 heavy (non-hydrogen) atoms. The Kier molecular flexibility index (Phi) is 7.48. The van der Waals surface area contributed by atoms with E-state index in [4.69, 9.17) is 10.8 Å². The van der Waals surface area contributed by atoms with Gasteiger partial charge in [0.2, 0.25) is 5.91 Å². The van der Waals surface area contributed by atoms with Gasteiger partial charge in [-0.3, -0.25) is 4.79 Å². The minimum Gasteiger partial charge on any atom is -0.396 e. The fourth-order valence-corrected chi connectivity index (χ4v) is 2.38. The fraction of sp³-hybridized carbons (Fsp3) is 0.462. The molecule has 0 aliphatic rings. The molecule has 4 N–H and O–H groups in total. The molecule has 0 aliphatic heterocycles. The zero-order valence-corrected chi connectivity index (χ0v) is 11.2. The van der Waals surface area contributed by atoms with Crippen LogP contribution in [0.2, 0.25) is 0 Å². The lowest BCUT2D eigenvalue weighted by atomic mass is 10.1. The second-order valence-corrected chi connectivity index (χ2v) is 5.11. The summed E-state index contributed by atoms with van der Waals surface area (Å²) in [6.45, 7) is 1.79. The molecule has 0 saturated carbocycles. The van der Waals surface area contributed by atoms with Gasteiger partial charge >= 0.3 is 0 Å². The van der Waals surface area contributed by atoms with Gasteiger partial charge in [0.1, 0.15) is 0 Å². The lowest BCUT2D eigenvalue weighted by Crippen LogP contribution is -2.20. The highest BCUT2D eigenvalue weighted by atomic mass is 32.2. The van der Waals surface area contributed by atoms with Crippen LogP contribution in [0, 0.1) is 0 Å². The number of carbonyl (C=O) groups is 1. The summed E-state index contributed by atoms with van der Waals surface area (Å²) in [6.07, 6.45) is 0.842. The number of primary amides is 1. The molecule has 5 heteroatoms. The van der Waals surface area contributed by atoms with E-state index in [-0.39, 0.29) is 12.5 Å². The van der Waals surface area contributed by atoms with E-state index in [2.05, 4.69) is 5.32 Å². The summed E-state index contributed by atoms with van der Waals surface area (Å²) in [6, 6.07) is 7.37. The van der Waals surface area contributed by atoms with Crippen LogP contribution in [0.1, 0.15) is 22.3 Å². The number of benzene rings is 1. The lowest BCUT2D eigenvalue weighted by Gasteiger charge is -2.08. The Labute approximate surface area is 112 Å². The third kappa shape index (κ3) is 5.53. The monoisotopic (exact) mass is 268 g/mol. The molecule has 1 rings (SSSR count). The van der Waals surface area contributed by atoms with Crippen molar-refractivity contribution in [2.75, 3.05) is 24.7 Å². The first-order valence-electron chi connectivity index (χ1n) is 6.02. The molecule has 0 spiro atoms. The molecular weight excluding hydrogens is 248 g/mol. The molecule has 1 amide bonds. The van der Waals surface area contributed by atoms with Crippen molar-refractivity contribution in [2.24, 2.45) is 5.73 Å². The summed E-state index contributed by atoms with van der Waals surface area (Å²) in [5.41, 5.74) is 6.82. The summed E-state index contributed by atoms with van der Waals surface area (Å²) in [4.78, 5) is 11.2. The highest BCUT2D eigenvalue weighted by molar-refractivity contribution is 7.99. The Bertz CT molecular complexity index is 372. The number of rotatable bonds is 9. The molecule has 0 aliphatic carbocycles. The zero-order chi connectivity index (χ0) is 13.2. The molecule has 0 heterocycles. The number of nitrogens with one attached hydrogen (secondary N) is 1. The van der Waals surface area contributed by atoms with Gasteiger partial charge in [-0.25, -0.2) is 0 Å². The van der Waals surface area contributed by atoms with Crippen molar-refractivity contribution in [3.63, 3.8) is 0 Å². The molecule has 0 bridgehead atoms. The third-order valence-electron chi connectivity index (χ3n) is 2.47. The highest BCUT2D eigenvalue weighted by Gasteiger charge is 2.05. The van der Waals surface area contributed by atoms with Gasteiger partial charge in [0, 0.05) is 31.0 Å². The van der Waals surface area contributed by atoms with Gasteiger partial charge in [-0.2, -0.15) is 11.8 Å². The second-order valence-electron chi connectivity index (χ2n) is 3.89. The third-order valence-corrected chi connectivity index (χ3v) is 3.54. The van der Waals surface area contributed by atoms with E-state index >= 15 is 0 Å². The van der Waals surface area contributed by atoms with Crippen molar-refractivity contribution in [1.82, 2.24) is 5.32 Å². The topological polar surface area (TPSA) is 75.4 Å². The smallest absolute Gasteiger partial charge is 0.249 e. The normalized spacial score (nSPS) is 10.5. The van der Waals surface area contributed by atoms with Gasteiger partial charge in [-0.15, -0.1) is 0 Å². The summed E-state index contributed by atoms with van der Waals surface area (Å²) in [5.74, 6) is 1.60.